The summed E-state index contributed by atoms with van der Waals surface area (Å²) in [6.07, 6.45) is 6.91. The number of aromatic nitrogens is 2. The van der Waals surface area contributed by atoms with Crippen molar-refractivity contribution in [2.75, 3.05) is 32.8 Å². The van der Waals surface area contributed by atoms with Gasteiger partial charge in [-0.25, -0.2) is 13.8 Å². The molecule has 3 unspecified atom stereocenters. The number of nitrogens with zero attached hydrogens (tertiary/aromatic N) is 4. The van der Waals surface area contributed by atoms with Crippen molar-refractivity contribution in [1.82, 2.24) is 25.3 Å². The number of rotatable bonds is 13. The number of piperidine rings is 1. The third kappa shape index (κ3) is 7.61. The molecule has 3 aromatic rings. The van der Waals surface area contributed by atoms with Crippen LogP contribution < -0.4 is 10.1 Å². The molecule has 4 fully saturated rings. The SMILES string of the molecule is Cc1ncsc1-c1ccc(CNC(=O)C2CCCN2C(=O)C(c2cc(OCCC3CC4(CCN(CC5CC5(F)F)CC4)C3)no2)C(C)C)cc1. The minimum atomic E-state index is -2.43. The Morgan fingerprint density at radius 2 is 1.86 bits per heavy atom. The van der Waals surface area contributed by atoms with Crippen LogP contribution in [-0.2, 0) is 16.1 Å². The Balaban J connectivity index is 0.862. The maximum absolute atomic E-state index is 13.9. The fraction of sp³-hybridized carbons (Fsp3) is 0.632. The van der Waals surface area contributed by atoms with Crippen molar-refractivity contribution < 1.29 is 27.6 Å². The molecule has 2 saturated carbocycles. The fourth-order valence-electron chi connectivity index (χ4n) is 8.46. The van der Waals surface area contributed by atoms with Crippen molar-refractivity contribution in [3.8, 4) is 16.3 Å². The molecule has 1 N–H and O–H groups in total. The van der Waals surface area contributed by atoms with Crippen LogP contribution >= 0.6 is 11.3 Å². The quantitative estimate of drug-likeness (QED) is 0.203. The molecule has 50 heavy (non-hydrogen) atoms. The van der Waals surface area contributed by atoms with Crippen molar-refractivity contribution in [3.05, 3.63) is 52.9 Å². The lowest BCUT2D eigenvalue weighted by atomic mass is 9.57. The van der Waals surface area contributed by atoms with Crippen LogP contribution in [0, 0.1) is 30.1 Å². The van der Waals surface area contributed by atoms with Gasteiger partial charge in [-0.2, -0.15) is 0 Å². The normalized spacial score (nSPS) is 23.6. The number of amides is 2. The van der Waals surface area contributed by atoms with Crippen molar-refractivity contribution in [3.63, 3.8) is 0 Å². The molecule has 2 aliphatic heterocycles. The van der Waals surface area contributed by atoms with Crippen molar-refractivity contribution >= 4 is 23.2 Å². The predicted molar refractivity (Wildman–Crippen MR) is 187 cm³/mol. The van der Waals surface area contributed by atoms with Gasteiger partial charge in [0.1, 0.15) is 12.0 Å². The summed E-state index contributed by atoms with van der Waals surface area (Å²) in [5.41, 5.74) is 5.32. The minimum Gasteiger partial charge on any atom is -0.475 e. The van der Waals surface area contributed by atoms with E-state index in [0.29, 0.717) is 55.6 Å². The largest absolute Gasteiger partial charge is 0.475 e. The van der Waals surface area contributed by atoms with Gasteiger partial charge in [0, 0.05) is 38.0 Å². The number of alkyl halides is 2. The average Bonchev–Trinajstić information content (AvgIpc) is 3.60. The molecule has 2 saturated heterocycles. The van der Waals surface area contributed by atoms with E-state index < -0.39 is 23.8 Å². The van der Waals surface area contributed by atoms with Crippen LogP contribution in [0.5, 0.6) is 5.88 Å². The molecule has 4 heterocycles. The maximum atomic E-state index is 13.9. The molecule has 1 spiro atoms. The number of hydrogen-bond acceptors (Lipinski definition) is 8. The standard InChI is InChI=1S/C38H49F2N5O4S/c1-24(2)33(36(47)45-13-4-5-30(45)35(46)41-21-26-6-8-28(9-7-26)34-25(3)42-23-50-34)31-17-32(43-49-31)48-16-10-27-18-37(19-27)11-14-44(15-12-37)22-29-20-38(29,39)40/h6-9,17,23-24,27,29-30,33H,4-5,10-16,18-22H2,1-3H3,(H,41,46). The number of carbonyl (C=O) groups is 2. The van der Waals surface area contributed by atoms with Crippen molar-refractivity contribution in [2.45, 2.75) is 96.6 Å². The Morgan fingerprint density at radius 3 is 2.52 bits per heavy atom. The molecular formula is C38H49F2N5O4S. The Bertz CT molecular complexity index is 1640. The first kappa shape index (κ1) is 35.0. The second-order valence-electron chi connectivity index (χ2n) is 15.5. The van der Waals surface area contributed by atoms with Crippen LogP contribution in [0.15, 0.2) is 40.4 Å². The Hall–Kier alpha value is -3.38. The van der Waals surface area contributed by atoms with Gasteiger partial charge < -0.3 is 24.4 Å². The number of halogens is 2. The monoisotopic (exact) mass is 709 g/mol. The second kappa shape index (κ2) is 14.3. The highest BCUT2D eigenvalue weighted by Gasteiger charge is 2.57. The number of benzene rings is 1. The molecular weight excluding hydrogens is 661 g/mol. The lowest BCUT2D eigenvalue weighted by molar-refractivity contribution is -0.140. The van der Waals surface area contributed by atoms with Crippen LogP contribution in [0.4, 0.5) is 8.78 Å². The zero-order valence-electron chi connectivity index (χ0n) is 29.3. The first-order valence-corrected chi connectivity index (χ1v) is 19.2. The molecule has 12 heteroatoms. The summed E-state index contributed by atoms with van der Waals surface area (Å²) < 4.78 is 38.3. The van der Waals surface area contributed by atoms with E-state index in [1.54, 1.807) is 22.3 Å². The summed E-state index contributed by atoms with van der Waals surface area (Å²) >= 11 is 1.61. The number of likely N-dealkylation sites (tertiary alicyclic amines) is 2. The predicted octanol–water partition coefficient (Wildman–Crippen LogP) is 7.07. The van der Waals surface area contributed by atoms with Gasteiger partial charge in [-0.15, -0.1) is 11.3 Å². The highest BCUT2D eigenvalue weighted by Crippen LogP contribution is 2.55. The van der Waals surface area contributed by atoms with Crippen LogP contribution in [0.25, 0.3) is 10.4 Å². The van der Waals surface area contributed by atoms with Gasteiger partial charge in [-0.1, -0.05) is 38.1 Å². The fourth-order valence-corrected chi connectivity index (χ4v) is 9.27. The van der Waals surface area contributed by atoms with Crippen molar-refractivity contribution in [2.24, 2.45) is 23.2 Å². The molecule has 270 valence electrons. The lowest BCUT2D eigenvalue weighted by Crippen LogP contribution is -2.47. The molecule has 7 rings (SSSR count). The Kier molecular flexibility index (Phi) is 10.0. The van der Waals surface area contributed by atoms with Crippen molar-refractivity contribution in [1.29, 1.82) is 0 Å². The Labute approximate surface area is 297 Å². The first-order valence-electron chi connectivity index (χ1n) is 18.3. The van der Waals surface area contributed by atoms with Crippen LogP contribution in [0.1, 0.15) is 88.1 Å². The van der Waals surface area contributed by atoms with E-state index in [4.69, 9.17) is 9.26 Å². The molecule has 2 aliphatic carbocycles. The molecule has 3 atom stereocenters. The lowest BCUT2D eigenvalue weighted by Gasteiger charge is -2.52. The van der Waals surface area contributed by atoms with E-state index in [0.717, 1.165) is 60.5 Å². The third-order valence-corrected chi connectivity index (χ3v) is 12.6. The van der Waals surface area contributed by atoms with Gasteiger partial charge in [0.15, 0.2) is 5.76 Å². The second-order valence-corrected chi connectivity index (χ2v) is 16.4. The van der Waals surface area contributed by atoms with E-state index in [-0.39, 0.29) is 24.2 Å². The number of ether oxygens (including phenoxy) is 1. The van der Waals surface area contributed by atoms with Gasteiger partial charge >= 0.3 is 0 Å². The van der Waals surface area contributed by atoms with Gasteiger partial charge in [0.05, 0.1) is 22.7 Å². The molecule has 9 nitrogen and oxygen atoms in total. The number of carbonyl (C=O) groups excluding carboxylic acids is 2. The number of hydrogen-bond donors (Lipinski definition) is 1. The number of aryl methyl sites for hydroxylation is 1. The topological polar surface area (TPSA) is 101 Å². The van der Waals surface area contributed by atoms with E-state index in [2.05, 4.69) is 32.5 Å². The zero-order chi connectivity index (χ0) is 35.0. The van der Waals surface area contributed by atoms with E-state index >= 15 is 0 Å². The van der Waals surface area contributed by atoms with Crippen LogP contribution in [0.2, 0.25) is 0 Å². The third-order valence-electron chi connectivity index (χ3n) is 11.6. The smallest absolute Gasteiger partial charge is 0.254 e. The minimum absolute atomic E-state index is 0.0575. The first-order chi connectivity index (χ1) is 24.0. The molecule has 0 bridgehead atoms. The Morgan fingerprint density at radius 1 is 1.12 bits per heavy atom. The van der Waals surface area contributed by atoms with Gasteiger partial charge in [-0.3, -0.25) is 9.59 Å². The summed E-state index contributed by atoms with van der Waals surface area (Å²) in [6, 6.07) is 9.34. The van der Waals surface area contributed by atoms with Gasteiger partial charge in [0.25, 0.3) is 11.8 Å². The van der Waals surface area contributed by atoms with Gasteiger partial charge in [0.2, 0.25) is 11.8 Å². The van der Waals surface area contributed by atoms with Crippen LogP contribution in [0.3, 0.4) is 0 Å². The van der Waals surface area contributed by atoms with Crippen LogP contribution in [-0.4, -0.2) is 76.5 Å². The summed E-state index contributed by atoms with van der Waals surface area (Å²) in [6.45, 7) is 9.80. The summed E-state index contributed by atoms with van der Waals surface area (Å²) in [5, 5.41) is 7.19. The molecule has 1 aromatic carbocycles. The van der Waals surface area contributed by atoms with Gasteiger partial charge in [-0.05, 0) is 98.5 Å². The molecule has 2 aromatic heterocycles. The van der Waals surface area contributed by atoms with E-state index in [9.17, 15) is 18.4 Å². The average molecular weight is 710 g/mol. The molecule has 2 amide bonds. The molecule has 0 radical (unpaired) electrons. The highest BCUT2D eigenvalue weighted by molar-refractivity contribution is 7.13. The number of thiazole rings is 1. The number of nitrogens with one attached hydrogen (secondary N) is 1. The maximum Gasteiger partial charge on any atom is 0.254 e. The summed E-state index contributed by atoms with van der Waals surface area (Å²) in [4.78, 5) is 36.7. The van der Waals surface area contributed by atoms with E-state index in [1.165, 1.54) is 12.8 Å². The molecule has 4 aliphatic rings. The highest BCUT2D eigenvalue weighted by atomic mass is 32.1. The van der Waals surface area contributed by atoms with E-state index in [1.807, 2.05) is 38.4 Å². The zero-order valence-corrected chi connectivity index (χ0v) is 30.2. The summed E-state index contributed by atoms with van der Waals surface area (Å²) in [7, 11) is 0. The summed E-state index contributed by atoms with van der Waals surface area (Å²) in [5.74, 6) is -2.33.